The van der Waals surface area contributed by atoms with Gasteiger partial charge >= 0.3 is 0 Å². The summed E-state index contributed by atoms with van der Waals surface area (Å²) in [6.45, 7) is 2.87. The van der Waals surface area contributed by atoms with Crippen LogP contribution in [0.15, 0.2) is 54.7 Å². The first kappa shape index (κ1) is 11.8. The van der Waals surface area contributed by atoms with Gasteiger partial charge in [-0.15, -0.1) is 0 Å². The Kier molecular flexibility index (Phi) is 3.23. The van der Waals surface area contributed by atoms with Gasteiger partial charge in [0.25, 0.3) is 0 Å². The van der Waals surface area contributed by atoms with Crippen molar-refractivity contribution in [3.63, 3.8) is 0 Å². The Hall–Kier alpha value is -2.22. The SMILES string of the molecule is CCCOc1cccc2[nH]cc(-c3ccccc3)c12. The molecular weight excluding hydrogens is 234 g/mol. The van der Waals surface area contributed by atoms with Gasteiger partial charge in [0.1, 0.15) is 5.75 Å². The Labute approximate surface area is 113 Å². The van der Waals surface area contributed by atoms with Gasteiger partial charge in [-0.25, -0.2) is 0 Å². The normalized spacial score (nSPS) is 10.8. The molecule has 2 aromatic carbocycles. The van der Waals surface area contributed by atoms with Gasteiger partial charge in [0, 0.05) is 22.7 Å². The van der Waals surface area contributed by atoms with E-state index in [1.807, 2.05) is 18.2 Å². The third-order valence-corrected chi connectivity index (χ3v) is 3.21. The van der Waals surface area contributed by atoms with Gasteiger partial charge in [-0.2, -0.15) is 0 Å². The topological polar surface area (TPSA) is 25.0 Å². The van der Waals surface area contributed by atoms with Gasteiger partial charge < -0.3 is 9.72 Å². The van der Waals surface area contributed by atoms with E-state index in [4.69, 9.17) is 4.74 Å². The molecule has 19 heavy (non-hydrogen) atoms. The van der Waals surface area contributed by atoms with Crippen LogP contribution in [0.1, 0.15) is 13.3 Å². The molecule has 1 aromatic heterocycles. The minimum Gasteiger partial charge on any atom is -0.493 e. The van der Waals surface area contributed by atoms with Crippen LogP contribution in [0.2, 0.25) is 0 Å². The van der Waals surface area contributed by atoms with Gasteiger partial charge in [0.2, 0.25) is 0 Å². The van der Waals surface area contributed by atoms with Crippen LogP contribution in [0.5, 0.6) is 5.75 Å². The number of H-pyrrole nitrogens is 1. The molecule has 0 aliphatic rings. The van der Waals surface area contributed by atoms with Crippen molar-refractivity contribution in [2.24, 2.45) is 0 Å². The van der Waals surface area contributed by atoms with Crippen molar-refractivity contribution in [1.82, 2.24) is 4.98 Å². The Bertz CT molecular complexity index is 670. The fourth-order valence-electron chi connectivity index (χ4n) is 2.33. The molecule has 3 rings (SSSR count). The Balaban J connectivity index is 2.15. The van der Waals surface area contributed by atoms with Crippen LogP contribution in [-0.4, -0.2) is 11.6 Å². The number of nitrogens with one attached hydrogen (secondary N) is 1. The standard InChI is InChI=1S/C17H17NO/c1-2-11-19-16-10-6-9-15-17(16)14(12-18-15)13-7-4-3-5-8-13/h3-10,12,18H,2,11H2,1H3. The van der Waals surface area contributed by atoms with Crippen LogP contribution in [0.25, 0.3) is 22.0 Å². The molecule has 1 heterocycles. The fraction of sp³-hybridized carbons (Fsp3) is 0.176. The van der Waals surface area contributed by atoms with Crippen LogP contribution < -0.4 is 4.74 Å². The zero-order valence-electron chi connectivity index (χ0n) is 11.0. The maximum atomic E-state index is 5.87. The Morgan fingerprint density at radius 1 is 1.00 bits per heavy atom. The molecular formula is C17H17NO. The second kappa shape index (κ2) is 5.19. The third-order valence-electron chi connectivity index (χ3n) is 3.21. The van der Waals surface area contributed by atoms with Crippen LogP contribution in [0.3, 0.4) is 0 Å². The first-order valence-electron chi connectivity index (χ1n) is 6.68. The van der Waals surface area contributed by atoms with Crippen molar-refractivity contribution in [2.75, 3.05) is 6.61 Å². The van der Waals surface area contributed by atoms with E-state index in [0.29, 0.717) is 0 Å². The summed E-state index contributed by atoms with van der Waals surface area (Å²) < 4.78 is 5.87. The third kappa shape index (κ3) is 2.22. The van der Waals surface area contributed by atoms with E-state index in [0.717, 1.165) is 24.3 Å². The molecule has 0 unspecified atom stereocenters. The van der Waals surface area contributed by atoms with Gasteiger partial charge in [0.05, 0.1) is 6.61 Å². The molecule has 0 bridgehead atoms. The predicted molar refractivity (Wildman–Crippen MR) is 79.5 cm³/mol. The van der Waals surface area contributed by atoms with E-state index in [1.165, 1.54) is 16.5 Å². The summed E-state index contributed by atoms with van der Waals surface area (Å²) in [4.78, 5) is 3.32. The number of aromatic amines is 1. The smallest absolute Gasteiger partial charge is 0.129 e. The highest BCUT2D eigenvalue weighted by atomic mass is 16.5. The van der Waals surface area contributed by atoms with Crippen molar-refractivity contribution < 1.29 is 4.74 Å². The van der Waals surface area contributed by atoms with Crippen molar-refractivity contribution in [3.8, 4) is 16.9 Å². The summed E-state index contributed by atoms with van der Waals surface area (Å²) in [5.41, 5.74) is 3.52. The van der Waals surface area contributed by atoms with E-state index in [9.17, 15) is 0 Å². The largest absolute Gasteiger partial charge is 0.493 e. The summed E-state index contributed by atoms with van der Waals surface area (Å²) in [7, 11) is 0. The maximum absolute atomic E-state index is 5.87. The summed E-state index contributed by atoms with van der Waals surface area (Å²) in [5.74, 6) is 0.958. The zero-order valence-corrected chi connectivity index (χ0v) is 11.0. The Morgan fingerprint density at radius 3 is 2.63 bits per heavy atom. The zero-order chi connectivity index (χ0) is 13.1. The van der Waals surface area contributed by atoms with Gasteiger partial charge in [0.15, 0.2) is 0 Å². The second-order valence-corrected chi connectivity index (χ2v) is 4.60. The number of aromatic nitrogens is 1. The number of rotatable bonds is 4. The maximum Gasteiger partial charge on any atom is 0.129 e. The minimum absolute atomic E-state index is 0.749. The predicted octanol–water partition coefficient (Wildman–Crippen LogP) is 4.62. The average Bonchev–Trinajstić information content (AvgIpc) is 2.90. The number of benzene rings is 2. The van der Waals surface area contributed by atoms with Crippen molar-refractivity contribution in [3.05, 3.63) is 54.7 Å². The summed E-state index contributed by atoms with van der Waals surface area (Å²) in [5, 5.41) is 1.17. The van der Waals surface area contributed by atoms with E-state index >= 15 is 0 Å². The molecule has 2 nitrogen and oxygen atoms in total. The molecule has 0 amide bonds. The molecule has 96 valence electrons. The quantitative estimate of drug-likeness (QED) is 0.718. The fourth-order valence-corrected chi connectivity index (χ4v) is 2.33. The molecule has 0 aliphatic heterocycles. The number of fused-ring (bicyclic) bond motifs is 1. The molecule has 3 aromatic rings. The number of hydrogen-bond acceptors (Lipinski definition) is 1. The molecule has 2 heteroatoms. The molecule has 0 radical (unpaired) electrons. The Morgan fingerprint density at radius 2 is 1.84 bits per heavy atom. The van der Waals surface area contributed by atoms with E-state index in [2.05, 4.69) is 48.4 Å². The van der Waals surface area contributed by atoms with Crippen LogP contribution in [0, 0.1) is 0 Å². The van der Waals surface area contributed by atoms with Crippen LogP contribution >= 0.6 is 0 Å². The lowest BCUT2D eigenvalue weighted by molar-refractivity contribution is 0.321. The highest BCUT2D eigenvalue weighted by Gasteiger charge is 2.10. The lowest BCUT2D eigenvalue weighted by Crippen LogP contribution is -1.95. The summed E-state index contributed by atoms with van der Waals surface area (Å²) >= 11 is 0. The van der Waals surface area contributed by atoms with E-state index in [1.54, 1.807) is 0 Å². The van der Waals surface area contributed by atoms with Crippen molar-refractivity contribution in [1.29, 1.82) is 0 Å². The van der Waals surface area contributed by atoms with E-state index in [-0.39, 0.29) is 0 Å². The highest BCUT2D eigenvalue weighted by Crippen LogP contribution is 2.35. The van der Waals surface area contributed by atoms with Gasteiger partial charge in [-0.1, -0.05) is 43.3 Å². The van der Waals surface area contributed by atoms with Crippen LogP contribution in [0.4, 0.5) is 0 Å². The molecule has 0 saturated carbocycles. The number of hydrogen-bond donors (Lipinski definition) is 1. The number of ether oxygens (including phenoxy) is 1. The summed E-state index contributed by atoms with van der Waals surface area (Å²) in [6, 6.07) is 16.6. The molecule has 0 saturated heterocycles. The highest BCUT2D eigenvalue weighted by molar-refractivity contribution is 5.99. The van der Waals surface area contributed by atoms with Crippen LogP contribution in [-0.2, 0) is 0 Å². The van der Waals surface area contributed by atoms with E-state index < -0.39 is 0 Å². The molecule has 0 atom stereocenters. The molecule has 1 N–H and O–H groups in total. The van der Waals surface area contributed by atoms with Gasteiger partial charge in [-0.3, -0.25) is 0 Å². The van der Waals surface area contributed by atoms with Gasteiger partial charge in [-0.05, 0) is 24.1 Å². The first-order chi connectivity index (χ1) is 9.40. The summed E-state index contributed by atoms with van der Waals surface area (Å²) in [6.07, 6.45) is 3.07. The van der Waals surface area contributed by atoms with Crippen molar-refractivity contribution in [2.45, 2.75) is 13.3 Å². The second-order valence-electron chi connectivity index (χ2n) is 4.60. The average molecular weight is 251 g/mol. The monoisotopic (exact) mass is 251 g/mol. The molecule has 0 aliphatic carbocycles. The minimum atomic E-state index is 0.749. The molecule has 0 spiro atoms. The molecule has 0 fully saturated rings. The first-order valence-corrected chi connectivity index (χ1v) is 6.68. The lowest BCUT2D eigenvalue weighted by atomic mass is 10.0. The van der Waals surface area contributed by atoms with Crippen molar-refractivity contribution >= 4 is 10.9 Å². The lowest BCUT2D eigenvalue weighted by Gasteiger charge is -2.08.